The van der Waals surface area contributed by atoms with Crippen LogP contribution in [0.25, 0.3) is 10.9 Å². The lowest BCUT2D eigenvalue weighted by Crippen LogP contribution is -2.29. The summed E-state index contributed by atoms with van der Waals surface area (Å²) in [5.74, 6) is 0.0139. The monoisotopic (exact) mass is 565 g/mol. The third kappa shape index (κ3) is 5.18. The number of hydrogen-bond acceptors (Lipinski definition) is 6. The number of rotatable bonds is 6. The fourth-order valence-corrected chi connectivity index (χ4v) is 3.71. The average Bonchev–Trinajstić information content (AvgIpc) is 2.71. The fraction of sp³-hybridized carbons (Fsp3) is 0.273. The van der Waals surface area contributed by atoms with Crippen molar-refractivity contribution in [3.05, 3.63) is 61.0 Å². The van der Waals surface area contributed by atoms with Crippen molar-refractivity contribution in [2.75, 3.05) is 13.7 Å². The maximum absolute atomic E-state index is 13.3. The topological polar surface area (TPSA) is 103 Å². The Labute approximate surface area is 201 Å². The number of halogens is 2. The Kier molecular flexibility index (Phi) is 7.04. The summed E-state index contributed by atoms with van der Waals surface area (Å²) in [4.78, 5) is 28.7. The Morgan fingerprint density at radius 3 is 2.56 bits per heavy atom. The minimum atomic E-state index is -1.10. The van der Waals surface area contributed by atoms with Gasteiger partial charge in [0.2, 0.25) is 0 Å². The zero-order chi connectivity index (χ0) is 23.6. The largest absolute Gasteiger partial charge is 0.493 e. The maximum atomic E-state index is 13.3. The van der Waals surface area contributed by atoms with Gasteiger partial charge >= 0.3 is 5.97 Å². The number of carbonyl (C=O) groups is 1. The predicted molar refractivity (Wildman–Crippen MR) is 129 cm³/mol. The molecule has 0 spiro atoms. The molecule has 0 saturated carbocycles. The average molecular weight is 567 g/mol. The third-order valence-corrected chi connectivity index (χ3v) is 5.61. The summed E-state index contributed by atoms with van der Waals surface area (Å²) in [6, 6.07) is 8.58. The molecule has 8 nitrogen and oxygen atoms in total. The molecule has 0 saturated heterocycles. The van der Waals surface area contributed by atoms with Gasteiger partial charge in [-0.15, -0.1) is 0 Å². The van der Waals surface area contributed by atoms with Crippen LogP contribution < -0.4 is 15.0 Å². The number of methoxy groups -OCH3 is 1. The van der Waals surface area contributed by atoms with Crippen molar-refractivity contribution >= 4 is 54.9 Å². The number of aromatic nitrogens is 2. The predicted octanol–water partition coefficient (Wildman–Crippen LogP) is 4.57. The van der Waals surface area contributed by atoms with Crippen LogP contribution in [0.4, 0.5) is 0 Å². The molecule has 0 unspecified atom stereocenters. The fourth-order valence-electron chi connectivity index (χ4n) is 2.92. The van der Waals surface area contributed by atoms with Crippen LogP contribution in [0.1, 0.15) is 32.2 Å². The Morgan fingerprint density at radius 2 is 1.94 bits per heavy atom. The van der Waals surface area contributed by atoms with Crippen molar-refractivity contribution in [1.29, 1.82) is 0 Å². The second-order valence-electron chi connectivity index (χ2n) is 7.92. The Morgan fingerprint density at radius 1 is 1.22 bits per heavy atom. The number of fused-ring (bicyclic) bond motifs is 1. The first kappa shape index (κ1) is 23.9. The summed E-state index contributed by atoms with van der Waals surface area (Å²) in [5.41, 5.74) is 0.464. The first-order valence-electron chi connectivity index (χ1n) is 9.50. The molecule has 1 heterocycles. The molecule has 168 valence electrons. The van der Waals surface area contributed by atoms with Gasteiger partial charge in [-0.2, -0.15) is 9.78 Å². The van der Waals surface area contributed by atoms with Crippen molar-refractivity contribution in [2.24, 2.45) is 5.10 Å². The molecule has 2 aromatic carbocycles. The zero-order valence-corrected chi connectivity index (χ0v) is 21.0. The molecular formula is C22H21Br2N3O5. The molecule has 0 radical (unpaired) electrons. The minimum Gasteiger partial charge on any atom is -0.493 e. The third-order valence-electron chi connectivity index (χ3n) is 4.43. The molecule has 3 rings (SSSR count). The van der Waals surface area contributed by atoms with Gasteiger partial charge in [0.25, 0.3) is 5.56 Å². The first-order valence-corrected chi connectivity index (χ1v) is 11.1. The standard InChI is InChI=1S/C22H21Br2N3O5/c1-22(2,3)21-26-16-6-5-13(23)8-14(16)20(30)27(21)25-10-12-7-17(31-4)18(9-15(12)24)32-11-19(28)29/h5-10H,11H2,1-4H3,(H,28,29). The number of ether oxygens (including phenoxy) is 2. The number of hydrogen-bond donors (Lipinski definition) is 1. The summed E-state index contributed by atoms with van der Waals surface area (Å²) >= 11 is 6.83. The first-order chi connectivity index (χ1) is 15.0. The van der Waals surface area contributed by atoms with Crippen LogP contribution in [0.2, 0.25) is 0 Å². The van der Waals surface area contributed by atoms with Crippen LogP contribution in [0.5, 0.6) is 11.5 Å². The van der Waals surface area contributed by atoms with Crippen molar-refractivity contribution in [3.63, 3.8) is 0 Å². The summed E-state index contributed by atoms with van der Waals surface area (Å²) in [6.45, 7) is 5.37. The molecule has 10 heteroatoms. The van der Waals surface area contributed by atoms with Crippen LogP contribution >= 0.6 is 31.9 Å². The summed E-state index contributed by atoms with van der Waals surface area (Å²) in [5, 5.41) is 13.7. The molecule has 0 bridgehead atoms. The minimum absolute atomic E-state index is 0.267. The summed E-state index contributed by atoms with van der Waals surface area (Å²) in [7, 11) is 1.45. The van der Waals surface area contributed by atoms with Gasteiger partial charge in [0, 0.05) is 19.9 Å². The van der Waals surface area contributed by atoms with Crippen molar-refractivity contribution < 1.29 is 19.4 Å². The maximum Gasteiger partial charge on any atom is 0.341 e. The van der Waals surface area contributed by atoms with Crippen LogP contribution in [0.3, 0.4) is 0 Å². The van der Waals surface area contributed by atoms with Crippen molar-refractivity contribution in [2.45, 2.75) is 26.2 Å². The molecule has 0 aliphatic heterocycles. The molecule has 0 aliphatic carbocycles. The lowest BCUT2D eigenvalue weighted by Gasteiger charge is -2.21. The van der Waals surface area contributed by atoms with Crippen LogP contribution in [0.15, 0.2) is 49.2 Å². The highest BCUT2D eigenvalue weighted by atomic mass is 79.9. The number of aliphatic carboxylic acids is 1. The Hall–Kier alpha value is -2.72. The van der Waals surface area contributed by atoms with Crippen LogP contribution in [-0.2, 0) is 10.2 Å². The molecule has 0 atom stereocenters. The van der Waals surface area contributed by atoms with Gasteiger partial charge in [-0.1, -0.05) is 36.7 Å². The highest BCUT2D eigenvalue weighted by Gasteiger charge is 2.23. The molecule has 0 amide bonds. The van der Waals surface area contributed by atoms with Gasteiger partial charge in [0.05, 0.1) is 24.2 Å². The van der Waals surface area contributed by atoms with Gasteiger partial charge in [-0.05, 0) is 46.3 Å². The molecular weight excluding hydrogens is 546 g/mol. The number of benzene rings is 2. The van der Waals surface area contributed by atoms with E-state index in [0.717, 1.165) is 4.47 Å². The van der Waals surface area contributed by atoms with E-state index >= 15 is 0 Å². The molecule has 0 aliphatic rings. The zero-order valence-electron chi connectivity index (χ0n) is 17.8. The van der Waals surface area contributed by atoms with Crippen LogP contribution in [0, 0.1) is 0 Å². The quantitative estimate of drug-likeness (QED) is 0.438. The molecule has 32 heavy (non-hydrogen) atoms. The van der Waals surface area contributed by atoms with E-state index in [0.29, 0.717) is 32.5 Å². The van der Waals surface area contributed by atoms with Crippen molar-refractivity contribution in [1.82, 2.24) is 9.66 Å². The highest BCUT2D eigenvalue weighted by Crippen LogP contribution is 2.33. The second kappa shape index (κ2) is 9.41. The Balaban J connectivity index is 2.13. The van der Waals surface area contributed by atoms with E-state index in [-0.39, 0.29) is 11.3 Å². The van der Waals surface area contributed by atoms with E-state index in [9.17, 15) is 9.59 Å². The van der Waals surface area contributed by atoms with Crippen molar-refractivity contribution in [3.8, 4) is 11.5 Å². The molecule has 1 N–H and O–H groups in total. The highest BCUT2D eigenvalue weighted by molar-refractivity contribution is 9.10. The van der Waals surface area contributed by atoms with Gasteiger partial charge < -0.3 is 14.6 Å². The van der Waals surface area contributed by atoms with E-state index in [2.05, 4.69) is 41.9 Å². The van der Waals surface area contributed by atoms with E-state index < -0.39 is 18.0 Å². The second-order valence-corrected chi connectivity index (χ2v) is 9.69. The Bertz CT molecular complexity index is 1280. The lowest BCUT2D eigenvalue weighted by molar-refractivity contribution is -0.139. The van der Waals surface area contributed by atoms with E-state index in [1.807, 2.05) is 26.8 Å². The van der Waals surface area contributed by atoms with Crippen LogP contribution in [-0.4, -0.2) is 40.7 Å². The molecule has 0 fully saturated rings. The number of nitrogens with zero attached hydrogens (tertiary/aromatic N) is 3. The number of carboxylic acids is 1. The van der Waals surface area contributed by atoms with Gasteiger partial charge in [0.1, 0.15) is 5.82 Å². The summed E-state index contributed by atoms with van der Waals surface area (Å²) < 4.78 is 13.2. The lowest BCUT2D eigenvalue weighted by atomic mass is 9.95. The van der Waals surface area contributed by atoms with Gasteiger partial charge in [0.15, 0.2) is 18.1 Å². The van der Waals surface area contributed by atoms with E-state index in [1.165, 1.54) is 18.0 Å². The normalized spacial score (nSPS) is 11.8. The SMILES string of the molecule is COc1cc(C=Nn2c(C(C)(C)C)nc3ccc(Br)cc3c2=O)c(Br)cc1OCC(=O)O. The van der Waals surface area contributed by atoms with E-state index in [4.69, 9.17) is 14.6 Å². The molecule has 1 aromatic heterocycles. The van der Waals surface area contributed by atoms with Gasteiger partial charge in [-0.3, -0.25) is 4.79 Å². The smallest absolute Gasteiger partial charge is 0.341 e. The van der Waals surface area contributed by atoms with Gasteiger partial charge in [-0.25, -0.2) is 9.78 Å². The number of carboxylic acid groups (broad SMARTS) is 1. The van der Waals surface area contributed by atoms with E-state index in [1.54, 1.807) is 24.3 Å². The molecule has 3 aromatic rings. The summed E-state index contributed by atoms with van der Waals surface area (Å²) in [6.07, 6.45) is 1.51.